The number of rotatable bonds is 9. The first-order chi connectivity index (χ1) is 6.72. The van der Waals surface area contributed by atoms with Crippen molar-refractivity contribution in [2.75, 3.05) is 26.7 Å². The molecule has 0 saturated heterocycles. The SMILES string of the molecule is C=CCCCN(C)C(C)CCNCC. The smallest absolute Gasteiger partial charge is 0.00759 e. The third kappa shape index (κ3) is 7.10. The molecule has 0 aliphatic heterocycles. The van der Waals surface area contributed by atoms with Gasteiger partial charge in [0.05, 0.1) is 0 Å². The largest absolute Gasteiger partial charge is 0.317 e. The fourth-order valence-electron chi connectivity index (χ4n) is 1.41. The molecular weight excluding hydrogens is 172 g/mol. The highest BCUT2D eigenvalue weighted by Gasteiger charge is 2.07. The standard InChI is InChI=1S/C12H26N2/c1-5-7-8-11-14(4)12(3)9-10-13-6-2/h5,12-13H,1,6-11H2,2-4H3. The predicted molar refractivity (Wildman–Crippen MR) is 64.7 cm³/mol. The highest BCUT2D eigenvalue weighted by molar-refractivity contribution is 4.69. The Bertz CT molecular complexity index is 134. The molecule has 0 amide bonds. The first-order valence-corrected chi connectivity index (χ1v) is 5.74. The van der Waals surface area contributed by atoms with Crippen molar-refractivity contribution < 1.29 is 0 Å². The van der Waals surface area contributed by atoms with Gasteiger partial charge in [0.2, 0.25) is 0 Å². The van der Waals surface area contributed by atoms with Crippen LogP contribution in [-0.2, 0) is 0 Å². The molecule has 0 aromatic carbocycles. The molecule has 1 unspecified atom stereocenters. The Balaban J connectivity index is 3.43. The molecule has 0 saturated carbocycles. The highest BCUT2D eigenvalue weighted by Crippen LogP contribution is 2.02. The van der Waals surface area contributed by atoms with E-state index >= 15 is 0 Å². The zero-order valence-corrected chi connectivity index (χ0v) is 10.1. The molecule has 0 heterocycles. The molecule has 0 fully saturated rings. The lowest BCUT2D eigenvalue weighted by Crippen LogP contribution is -2.32. The van der Waals surface area contributed by atoms with Gasteiger partial charge in [-0.3, -0.25) is 0 Å². The average Bonchev–Trinajstić information content (AvgIpc) is 2.18. The number of unbranched alkanes of at least 4 members (excludes halogenated alkanes) is 1. The second-order valence-electron chi connectivity index (χ2n) is 3.90. The lowest BCUT2D eigenvalue weighted by atomic mass is 10.2. The van der Waals surface area contributed by atoms with Crippen molar-refractivity contribution in [2.45, 2.75) is 39.2 Å². The normalized spacial score (nSPS) is 13.1. The maximum Gasteiger partial charge on any atom is 0.00759 e. The minimum atomic E-state index is 0.680. The molecule has 0 aliphatic rings. The summed E-state index contributed by atoms with van der Waals surface area (Å²) in [6, 6.07) is 0.680. The maximum atomic E-state index is 3.73. The van der Waals surface area contributed by atoms with Crippen molar-refractivity contribution in [1.82, 2.24) is 10.2 Å². The van der Waals surface area contributed by atoms with Gasteiger partial charge in [-0.25, -0.2) is 0 Å². The van der Waals surface area contributed by atoms with Crippen LogP contribution < -0.4 is 5.32 Å². The molecule has 2 heteroatoms. The van der Waals surface area contributed by atoms with Gasteiger partial charge in [0.25, 0.3) is 0 Å². The number of nitrogens with zero attached hydrogens (tertiary/aromatic N) is 1. The molecule has 0 bridgehead atoms. The molecule has 2 nitrogen and oxygen atoms in total. The van der Waals surface area contributed by atoms with E-state index in [4.69, 9.17) is 0 Å². The molecule has 0 radical (unpaired) electrons. The van der Waals surface area contributed by atoms with Crippen LogP contribution in [0.5, 0.6) is 0 Å². The van der Waals surface area contributed by atoms with Crippen LogP contribution in [0.3, 0.4) is 0 Å². The molecule has 14 heavy (non-hydrogen) atoms. The third-order valence-electron chi connectivity index (χ3n) is 2.66. The highest BCUT2D eigenvalue weighted by atomic mass is 15.1. The molecule has 0 aliphatic carbocycles. The van der Waals surface area contributed by atoms with E-state index in [1.165, 1.54) is 19.4 Å². The summed E-state index contributed by atoms with van der Waals surface area (Å²) in [5.74, 6) is 0. The quantitative estimate of drug-likeness (QED) is 0.452. The van der Waals surface area contributed by atoms with Crippen LogP contribution in [0, 0.1) is 0 Å². The van der Waals surface area contributed by atoms with Crippen molar-refractivity contribution in [1.29, 1.82) is 0 Å². The van der Waals surface area contributed by atoms with E-state index in [0.29, 0.717) is 6.04 Å². The Morgan fingerprint density at radius 3 is 2.79 bits per heavy atom. The van der Waals surface area contributed by atoms with E-state index in [9.17, 15) is 0 Å². The summed E-state index contributed by atoms with van der Waals surface area (Å²) in [5, 5.41) is 3.36. The van der Waals surface area contributed by atoms with Gasteiger partial charge in [-0.15, -0.1) is 6.58 Å². The van der Waals surface area contributed by atoms with E-state index in [0.717, 1.165) is 19.5 Å². The molecule has 0 rings (SSSR count). The van der Waals surface area contributed by atoms with E-state index in [-0.39, 0.29) is 0 Å². The van der Waals surface area contributed by atoms with E-state index in [2.05, 4.69) is 37.7 Å². The topological polar surface area (TPSA) is 15.3 Å². The predicted octanol–water partition coefficient (Wildman–Crippen LogP) is 2.27. The minimum Gasteiger partial charge on any atom is -0.317 e. The van der Waals surface area contributed by atoms with E-state index in [1.54, 1.807) is 0 Å². The second kappa shape index (κ2) is 9.22. The zero-order chi connectivity index (χ0) is 10.8. The van der Waals surface area contributed by atoms with Crippen LogP contribution in [0.1, 0.15) is 33.1 Å². The Morgan fingerprint density at radius 1 is 1.50 bits per heavy atom. The lowest BCUT2D eigenvalue weighted by Gasteiger charge is -2.24. The van der Waals surface area contributed by atoms with Crippen molar-refractivity contribution in [3.63, 3.8) is 0 Å². The third-order valence-corrected chi connectivity index (χ3v) is 2.66. The van der Waals surface area contributed by atoms with Crippen LogP contribution in [0.2, 0.25) is 0 Å². The van der Waals surface area contributed by atoms with Gasteiger partial charge in [-0.1, -0.05) is 13.0 Å². The van der Waals surface area contributed by atoms with Gasteiger partial charge < -0.3 is 10.2 Å². The van der Waals surface area contributed by atoms with Crippen molar-refractivity contribution >= 4 is 0 Å². The number of hydrogen-bond donors (Lipinski definition) is 1. The molecule has 84 valence electrons. The summed E-state index contributed by atoms with van der Waals surface area (Å²) in [5.41, 5.74) is 0. The zero-order valence-electron chi connectivity index (χ0n) is 10.1. The second-order valence-corrected chi connectivity index (χ2v) is 3.90. The molecule has 1 atom stereocenters. The summed E-state index contributed by atoms with van der Waals surface area (Å²) in [6.45, 7) is 11.6. The van der Waals surface area contributed by atoms with Crippen LogP contribution in [0.25, 0.3) is 0 Å². The van der Waals surface area contributed by atoms with Crippen LogP contribution in [-0.4, -0.2) is 37.6 Å². The summed E-state index contributed by atoms with van der Waals surface area (Å²) in [7, 11) is 2.21. The van der Waals surface area contributed by atoms with Crippen LogP contribution >= 0.6 is 0 Å². The average molecular weight is 198 g/mol. The van der Waals surface area contributed by atoms with E-state index < -0.39 is 0 Å². The first kappa shape index (κ1) is 13.7. The van der Waals surface area contributed by atoms with E-state index in [1.807, 2.05) is 6.08 Å². The van der Waals surface area contributed by atoms with Gasteiger partial charge >= 0.3 is 0 Å². The molecule has 0 aromatic heterocycles. The van der Waals surface area contributed by atoms with Gasteiger partial charge in [-0.05, 0) is 52.9 Å². The van der Waals surface area contributed by atoms with Gasteiger partial charge in [0.1, 0.15) is 0 Å². The summed E-state index contributed by atoms with van der Waals surface area (Å²) < 4.78 is 0. The van der Waals surface area contributed by atoms with Gasteiger partial charge in [-0.2, -0.15) is 0 Å². The minimum absolute atomic E-state index is 0.680. The van der Waals surface area contributed by atoms with Gasteiger partial charge in [0.15, 0.2) is 0 Å². The Kier molecular flexibility index (Phi) is 9.00. The molecule has 0 aromatic rings. The van der Waals surface area contributed by atoms with Crippen molar-refractivity contribution in [2.24, 2.45) is 0 Å². The van der Waals surface area contributed by atoms with Crippen LogP contribution in [0.15, 0.2) is 12.7 Å². The number of nitrogens with one attached hydrogen (secondary N) is 1. The molecule has 1 N–H and O–H groups in total. The monoisotopic (exact) mass is 198 g/mol. The Morgan fingerprint density at radius 2 is 2.21 bits per heavy atom. The number of hydrogen-bond acceptors (Lipinski definition) is 2. The fourth-order valence-corrected chi connectivity index (χ4v) is 1.41. The maximum absolute atomic E-state index is 3.73. The van der Waals surface area contributed by atoms with Gasteiger partial charge in [0, 0.05) is 6.04 Å². The number of allylic oxidation sites excluding steroid dienone is 1. The Labute approximate surface area is 89.4 Å². The van der Waals surface area contributed by atoms with Crippen molar-refractivity contribution in [3.8, 4) is 0 Å². The molecule has 0 spiro atoms. The summed E-state index contributed by atoms with van der Waals surface area (Å²) in [4.78, 5) is 2.43. The molecular formula is C12H26N2. The Hall–Kier alpha value is -0.340. The lowest BCUT2D eigenvalue weighted by molar-refractivity contribution is 0.243. The fraction of sp³-hybridized carbons (Fsp3) is 0.833. The van der Waals surface area contributed by atoms with Crippen molar-refractivity contribution in [3.05, 3.63) is 12.7 Å². The first-order valence-electron chi connectivity index (χ1n) is 5.74. The summed E-state index contributed by atoms with van der Waals surface area (Å²) >= 11 is 0. The summed E-state index contributed by atoms with van der Waals surface area (Å²) in [6.07, 6.45) is 5.59. The van der Waals surface area contributed by atoms with Crippen LogP contribution in [0.4, 0.5) is 0 Å².